The molecule has 2 aliphatic rings. The fourth-order valence-corrected chi connectivity index (χ4v) is 3.75. The van der Waals surface area contributed by atoms with Crippen molar-refractivity contribution in [2.75, 3.05) is 52.9 Å². The van der Waals surface area contributed by atoms with Gasteiger partial charge in [-0.05, 0) is 38.1 Å². The lowest BCUT2D eigenvalue weighted by molar-refractivity contribution is 0.0826. The van der Waals surface area contributed by atoms with Gasteiger partial charge in [-0.15, -0.1) is 0 Å². The van der Waals surface area contributed by atoms with Crippen molar-refractivity contribution in [1.29, 1.82) is 0 Å². The van der Waals surface area contributed by atoms with Gasteiger partial charge < -0.3 is 15.3 Å². The van der Waals surface area contributed by atoms with Crippen molar-refractivity contribution in [2.45, 2.75) is 32.2 Å². The molecule has 0 aromatic carbocycles. The highest BCUT2D eigenvalue weighted by atomic mass is 16.3. The number of β-amino-alcohol motifs (C(OH)–C–C–N with tert-alkyl or cyclic N) is 1. The van der Waals surface area contributed by atoms with Gasteiger partial charge in [0.15, 0.2) is 0 Å². The zero-order valence-corrected chi connectivity index (χ0v) is 12.6. The van der Waals surface area contributed by atoms with Gasteiger partial charge in [-0.25, -0.2) is 0 Å². The molecule has 2 fully saturated rings. The summed E-state index contributed by atoms with van der Waals surface area (Å²) < 4.78 is 0. The third-order valence-corrected chi connectivity index (χ3v) is 4.99. The topological polar surface area (TPSA) is 38.7 Å². The molecule has 2 N–H and O–H groups in total. The molecule has 19 heavy (non-hydrogen) atoms. The molecule has 0 aromatic heterocycles. The molecule has 1 heterocycles. The first kappa shape index (κ1) is 15.2. The second-order valence-electron chi connectivity index (χ2n) is 6.44. The van der Waals surface area contributed by atoms with Crippen molar-refractivity contribution >= 4 is 0 Å². The lowest BCUT2D eigenvalue weighted by Crippen LogP contribution is -2.51. The smallest absolute Gasteiger partial charge is 0.0558 e. The number of nitrogens with one attached hydrogen (secondary N) is 1. The molecule has 0 bridgehead atoms. The predicted molar refractivity (Wildman–Crippen MR) is 79.3 cm³/mol. The second-order valence-corrected chi connectivity index (χ2v) is 6.44. The van der Waals surface area contributed by atoms with Gasteiger partial charge in [0.25, 0.3) is 0 Å². The maximum atomic E-state index is 8.98. The van der Waals surface area contributed by atoms with E-state index in [0.717, 1.165) is 31.5 Å². The van der Waals surface area contributed by atoms with E-state index in [1.54, 1.807) is 0 Å². The molecule has 0 spiro atoms. The highest BCUT2D eigenvalue weighted by Gasteiger charge is 2.29. The van der Waals surface area contributed by atoms with E-state index in [9.17, 15) is 0 Å². The summed E-state index contributed by atoms with van der Waals surface area (Å²) in [5.41, 5.74) is 0. The van der Waals surface area contributed by atoms with Gasteiger partial charge >= 0.3 is 0 Å². The molecule has 0 aromatic rings. The lowest BCUT2D eigenvalue weighted by Gasteiger charge is -2.41. The second kappa shape index (κ2) is 7.58. The number of rotatable bonds is 5. The Morgan fingerprint density at radius 3 is 2.42 bits per heavy atom. The number of hydrogen-bond acceptors (Lipinski definition) is 4. The van der Waals surface area contributed by atoms with E-state index in [2.05, 4.69) is 29.1 Å². The molecular weight excluding hydrogens is 238 g/mol. The van der Waals surface area contributed by atoms with Crippen molar-refractivity contribution in [1.82, 2.24) is 15.1 Å². The molecule has 4 nitrogen and oxygen atoms in total. The molecule has 112 valence electrons. The van der Waals surface area contributed by atoms with E-state index in [1.807, 2.05) is 0 Å². The van der Waals surface area contributed by atoms with Gasteiger partial charge in [0.1, 0.15) is 0 Å². The Hall–Kier alpha value is -0.160. The molecule has 0 amide bonds. The van der Waals surface area contributed by atoms with Gasteiger partial charge in [-0.1, -0.05) is 6.92 Å². The minimum Gasteiger partial charge on any atom is -0.395 e. The van der Waals surface area contributed by atoms with E-state index in [0.29, 0.717) is 12.6 Å². The van der Waals surface area contributed by atoms with E-state index in [1.165, 1.54) is 38.9 Å². The van der Waals surface area contributed by atoms with Crippen LogP contribution in [0.4, 0.5) is 0 Å². The van der Waals surface area contributed by atoms with Crippen LogP contribution in [-0.4, -0.2) is 73.9 Å². The lowest BCUT2D eigenvalue weighted by atomic mass is 9.78. The molecule has 3 unspecified atom stereocenters. The van der Waals surface area contributed by atoms with Crippen LogP contribution in [0, 0.1) is 11.8 Å². The number of hydrogen-bond donors (Lipinski definition) is 2. The minimum absolute atomic E-state index is 0.294. The molecular formula is C15H31N3O. The molecule has 3 atom stereocenters. The number of aliphatic hydroxyl groups is 1. The molecule has 2 rings (SSSR count). The third kappa shape index (κ3) is 4.42. The maximum absolute atomic E-state index is 8.98. The van der Waals surface area contributed by atoms with Crippen LogP contribution in [0.25, 0.3) is 0 Å². The predicted octanol–water partition coefficient (Wildman–Crippen LogP) is 0.621. The zero-order valence-electron chi connectivity index (χ0n) is 12.6. The normalized spacial score (nSPS) is 34.6. The first-order valence-corrected chi connectivity index (χ1v) is 7.95. The van der Waals surface area contributed by atoms with Crippen molar-refractivity contribution in [3.63, 3.8) is 0 Å². The highest BCUT2D eigenvalue weighted by Crippen LogP contribution is 2.29. The van der Waals surface area contributed by atoms with Gasteiger partial charge in [0.2, 0.25) is 0 Å². The standard InChI is InChI=1S/C15H31N3O/c1-13-3-4-15(16-2)14(11-13)12-18-7-5-17(6-8-18)9-10-19/h13-16,19H,3-12H2,1-2H3. The largest absolute Gasteiger partial charge is 0.395 e. The Kier molecular flexibility index (Phi) is 6.07. The van der Waals surface area contributed by atoms with Crippen LogP contribution in [0.15, 0.2) is 0 Å². The molecule has 0 radical (unpaired) electrons. The van der Waals surface area contributed by atoms with Gasteiger partial charge in [0, 0.05) is 45.3 Å². The van der Waals surface area contributed by atoms with Crippen LogP contribution in [0.1, 0.15) is 26.2 Å². The van der Waals surface area contributed by atoms with Crippen molar-refractivity contribution in [3.8, 4) is 0 Å². The summed E-state index contributed by atoms with van der Waals surface area (Å²) in [6.45, 7) is 9.36. The quantitative estimate of drug-likeness (QED) is 0.767. The van der Waals surface area contributed by atoms with E-state index >= 15 is 0 Å². The van der Waals surface area contributed by atoms with Gasteiger partial charge in [-0.3, -0.25) is 4.90 Å². The molecule has 1 saturated heterocycles. The first-order chi connectivity index (χ1) is 9.22. The van der Waals surface area contributed by atoms with Gasteiger partial charge in [-0.2, -0.15) is 0 Å². The van der Waals surface area contributed by atoms with E-state index in [-0.39, 0.29) is 0 Å². The summed E-state index contributed by atoms with van der Waals surface area (Å²) in [5.74, 6) is 1.71. The maximum Gasteiger partial charge on any atom is 0.0558 e. The van der Waals surface area contributed by atoms with E-state index < -0.39 is 0 Å². The summed E-state index contributed by atoms with van der Waals surface area (Å²) in [6, 6.07) is 0.715. The summed E-state index contributed by atoms with van der Waals surface area (Å²) in [6.07, 6.45) is 4.10. The Morgan fingerprint density at radius 2 is 1.79 bits per heavy atom. The zero-order chi connectivity index (χ0) is 13.7. The fourth-order valence-electron chi connectivity index (χ4n) is 3.75. The Bertz CT molecular complexity index is 254. The number of aliphatic hydroxyl groups excluding tert-OH is 1. The van der Waals surface area contributed by atoms with Crippen LogP contribution < -0.4 is 5.32 Å². The SMILES string of the molecule is CNC1CCC(C)CC1CN1CCN(CCO)CC1. The van der Waals surface area contributed by atoms with Crippen LogP contribution >= 0.6 is 0 Å². The van der Waals surface area contributed by atoms with Crippen LogP contribution in [0.2, 0.25) is 0 Å². The third-order valence-electron chi connectivity index (χ3n) is 4.99. The van der Waals surface area contributed by atoms with Gasteiger partial charge in [0.05, 0.1) is 6.61 Å². The average Bonchev–Trinajstić information content (AvgIpc) is 2.42. The van der Waals surface area contributed by atoms with Crippen LogP contribution in [0.5, 0.6) is 0 Å². The Balaban J connectivity index is 1.77. The van der Waals surface area contributed by atoms with E-state index in [4.69, 9.17) is 5.11 Å². The monoisotopic (exact) mass is 269 g/mol. The highest BCUT2D eigenvalue weighted by molar-refractivity contribution is 4.86. The first-order valence-electron chi connectivity index (χ1n) is 7.95. The van der Waals surface area contributed by atoms with Crippen LogP contribution in [-0.2, 0) is 0 Å². The summed E-state index contributed by atoms with van der Waals surface area (Å²) >= 11 is 0. The Labute approximate surface area is 118 Å². The minimum atomic E-state index is 0.294. The van der Waals surface area contributed by atoms with Crippen LogP contribution in [0.3, 0.4) is 0 Å². The van der Waals surface area contributed by atoms with Crippen molar-refractivity contribution in [2.24, 2.45) is 11.8 Å². The van der Waals surface area contributed by atoms with Crippen molar-refractivity contribution < 1.29 is 5.11 Å². The number of piperazine rings is 1. The average molecular weight is 269 g/mol. The molecule has 1 saturated carbocycles. The molecule has 1 aliphatic carbocycles. The summed E-state index contributed by atoms with van der Waals surface area (Å²) in [5, 5.41) is 12.5. The number of nitrogens with zero attached hydrogens (tertiary/aromatic N) is 2. The Morgan fingerprint density at radius 1 is 1.11 bits per heavy atom. The molecule has 1 aliphatic heterocycles. The fraction of sp³-hybridized carbons (Fsp3) is 1.00. The summed E-state index contributed by atoms with van der Waals surface area (Å²) in [4.78, 5) is 5.00. The molecule has 4 heteroatoms. The summed E-state index contributed by atoms with van der Waals surface area (Å²) in [7, 11) is 2.12. The van der Waals surface area contributed by atoms with Crippen molar-refractivity contribution in [3.05, 3.63) is 0 Å².